The Morgan fingerprint density at radius 1 is 1.00 bits per heavy atom. The Hall–Kier alpha value is -3.66. The van der Waals surface area contributed by atoms with E-state index in [1.165, 1.54) is 11.2 Å². The largest absolute Gasteiger partial charge is 0.467 e. The fourth-order valence-corrected chi connectivity index (χ4v) is 6.48. The fraction of sp³-hybridized carbons (Fsp3) is 0.467. The van der Waals surface area contributed by atoms with Crippen LogP contribution in [0.25, 0.3) is 0 Å². The van der Waals surface area contributed by atoms with Gasteiger partial charge in [0.1, 0.15) is 10.6 Å². The number of rotatable bonds is 8. The van der Waals surface area contributed by atoms with Crippen LogP contribution in [0.5, 0.6) is 0 Å². The molecule has 40 heavy (non-hydrogen) atoms. The van der Waals surface area contributed by atoms with Crippen molar-refractivity contribution in [1.82, 2.24) is 15.0 Å². The van der Waals surface area contributed by atoms with E-state index in [4.69, 9.17) is 10.2 Å². The van der Waals surface area contributed by atoms with Gasteiger partial charge in [-0.1, -0.05) is 44.2 Å². The van der Waals surface area contributed by atoms with Crippen LogP contribution in [0.15, 0.2) is 41.0 Å². The molecule has 0 saturated heterocycles. The molecule has 0 spiro atoms. The lowest BCUT2D eigenvalue weighted by molar-refractivity contribution is -0.123. The Morgan fingerprint density at radius 2 is 1.68 bits per heavy atom. The summed E-state index contributed by atoms with van der Waals surface area (Å²) < 4.78 is 10.0. The summed E-state index contributed by atoms with van der Waals surface area (Å²) in [6.07, 6.45) is 10.5. The molecule has 1 atom stereocenters. The maximum Gasteiger partial charge on any atom is 0.273 e. The molecule has 212 valence electrons. The first-order valence-electron chi connectivity index (χ1n) is 14.1. The van der Waals surface area contributed by atoms with Gasteiger partial charge in [-0.2, -0.15) is 4.37 Å². The molecule has 2 aromatic heterocycles. The van der Waals surface area contributed by atoms with Gasteiger partial charge in [-0.05, 0) is 80.4 Å². The minimum Gasteiger partial charge on any atom is -0.467 e. The Bertz CT molecular complexity index is 1360. The normalized spacial score (nSPS) is 16.9. The van der Waals surface area contributed by atoms with Gasteiger partial charge in [-0.25, -0.2) is 0 Å². The van der Waals surface area contributed by atoms with E-state index < -0.39 is 11.9 Å². The zero-order valence-electron chi connectivity index (χ0n) is 23.1. The van der Waals surface area contributed by atoms with Gasteiger partial charge in [0, 0.05) is 17.8 Å². The van der Waals surface area contributed by atoms with E-state index in [0.717, 1.165) is 80.4 Å². The van der Waals surface area contributed by atoms with Crippen LogP contribution in [0.4, 0.5) is 11.4 Å². The minimum atomic E-state index is -1.08. The summed E-state index contributed by atoms with van der Waals surface area (Å²) in [5, 5.41) is 6.17. The highest BCUT2D eigenvalue weighted by molar-refractivity contribution is 7.09. The van der Waals surface area contributed by atoms with Gasteiger partial charge >= 0.3 is 0 Å². The third kappa shape index (κ3) is 5.91. The number of hydrogen-bond donors (Lipinski definition) is 3. The number of nitrogens with two attached hydrogens (primary N) is 1. The zero-order chi connectivity index (χ0) is 28.2. The summed E-state index contributed by atoms with van der Waals surface area (Å²) in [6.45, 7) is 3.83. The van der Waals surface area contributed by atoms with E-state index in [1.54, 1.807) is 12.1 Å². The summed E-state index contributed by atoms with van der Waals surface area (Å²) in [7, 11) is 0. The summed E-state index contributed by atoms with van der Waals surface area (Å²) in [5.41, 5.74) is 8.79. The Kier molecular flexibility index (Phi) is 8.54. The fourth-order valence-electron chi connectivity index (χ4n) is 5.74. The average molecular weight is 564 g/mol. The van der Waals surface area contributed by atoms with Gasteiger partial charge in [0.05, 0.1) is 12.0 Å². The van der Waals surface area contributed by atoms with Crippen LogP contribution in [0, 0.1) is 13.8 Å². The van der Waals surface area contributed by atoms with Crippen molar-refractivity contribution in [2.45, 2.75) is 89.8 Å². The molecule has 1 unspecified atom stereocenters. The number of nitrogens with zero attached hydrogens (tertiary/aromatic N) is 2. The van der Waals surface area contributed by atoms with Gasteiger partial charge in [0.2, 0.25) is 0 Å². The molecule has 2 aliphatic rings. The molecule has 3 aromatic rings. The third-order valence-corrected chi connectivity index (χ3v) is 8.79. The van der Waals surface area contributed by atoms with Crippen LogP contribution in [0.1, 0.15) is 101 Å². The lowest BCUT2D eigenvalue weighted by Crippen LogP contribution is -2.47. The number of nitrogen functional groups attached to an aromatic ring is 1. The third-order valence-electron chi connectivity index (χ3n) is 7.94. The summed E-state index contributed by atoms with van der Waals surface area (Å²) in [4.78, 5) is 42.9. The molecular weight excluding hydrogens is 526 g/mol. The lowest BCUT2D eigenvalue weighted by atomic mass is 9.95. The van der Waals surface area contributed by atoms with E-state index in [1.807, 2.05) is 32.0 Å². The molecule has 2 heterocycles. The molecule has 2 fully saturated rings. The van der Waals surface area contributed by atoms with Crippen molar-refractivity contribution in [3.63, 3.8) is 0 Å². The topological polar surface area (TPSA) is 131 Å². The van der Waals surface area contributed by atoms with Crippen LogP contribution < -0.4 is 21.3 Å². The highest BCUT2D eigenvalue weighted by Gasteiger charge is 2.39. The number of hydrogen-bond acceptors (Lipinski definition) is 7. The molecule has 0 radical (unpaired) electrons. The second-order valence-corrected chi connectivity index (χ2v) is 11.7. The summed E-state index contributed by atoms with van der Waals surface area (Å²) in [5.74, 6) is -0.873. The number of amides is 3. The van der Waals surface area contributed by atoms with Gasteiger partial charge in [0.25, 0.3) is 17.7 Å². The quantitative estimate of drug-likeness (QED) is 0.334. The van der Waals surface area contributed by atoms with Gasteiger partial charge in [-0.3, -0.25) is 19.3 Å². The number of carbonyl (C=O) groups is 3. The number of nitrogens with one attached hydrogen (secondary N) is 2. The Labute approximate surface area is 238 Å². The number of aryl methyl sites for hydroxylation is 2. The van der Waals surface area contributed by atoms with Crippen LogP contribution in [-0.4, -0.2) is 34.2 Å². The van der Waals surface area contributed by atoms with Crippen LogP contribution in [0.3, 0.4) is 0 Å². The van der Waals surface area contributed by atoms with E-state index in [9.17, 15) is 14.4 Å². The molecule has 0 aliphatic heterocycles. The van der Waals surface area contributed by atoms with Crippen LogP contribution in [-0.2, 0) is 4.79 Å². The van der Waals surface area contributed by atoms with Crippen molar-refractivity contribution in [2.24, 2.45) is 0 Å². The molecule has 10 heteroatoms. The van der Waals surface area contributed by atoms with Gasteiger partial charge < -0.3 is 20.8 Å². The predicted molar refractivity (Wildman–Crippen MR) is 155 cm³/mol. The lowest BCUT2D eigenvalue weighted by Gasteiger charge is -2.33. The number of benzene rings is 1. The van der Waals surface area contributed by atoms with E-state index in [0.29, 0.717) is 11.4 Å². The molecule has 4 N–H and O–H groups in total. The van der Waals surface area contributed by atoms with Crippen molar-refractivity contribution in [3.8, 4) is 0 Å². The SMILES string of the molecule is Cc1ccc(C)c(N(C(=O)c2snc(C(=O)NC3CCCC3)c2N)C(C(=O)NC2CCCCC2)c2ccco2)c1. The van der Waals surface area contributed by atoms with Crippen molar-refractivity contribution in [2.75, 3.05) is 10.6 Å². The predicted octanol–water partition coefficient (Wildman–Crippen LogP) is 5.44. The smallest absolute Gasteiger partial charge is 0.273 e. The molecule has 3 amide bonds. The van der Waals surface area contributed by atoms with Crippen LogP contribution >= 0.6 is 11.5 Å². The van der Waals surface area contributed by atoms with Crippen molar-refractivity contribution >= 4 is 40.6 Å². The zero-order valence-corrected chi connectivity index (χ0v) is 23.9. The molecule has 5 rings (SSSR count). The molecule has 2 saturated carbocycles. The molecule has 0 bridgehead atoms. The van der Waals surface area contributed by atoms with Crippen molar-refractivity contribution in [3.05, 3.63) is 64.1 Å². The second-order valence-electron chi connectivity index (χ2n) is 11.0. The first-order valence-corrected chi connectivity index (χ1v) is 14.9. The first-order chi connectivity index (χ1) is 19.3. The van der Waals surface area contributed by atoms with Crippen molar-refractivity contribution < 1.29 is 18.8 Å². The number of anilines is 2. The van der Waals surface area contributed by atoms with E-state index in [2.05, 4.69) is 15.0 Å². The molecule has 1 aromatic carbocycles. The monoisotopic (exact) mass is 563 g/mol. The summed E-state index contributed by atoms with van der Waals surface area (Å²) in [6, 6.07) is 8.20. The second kappa shape index (κ2) is 12.2. The molecule has 2 aliphatic carbocycles. The number of carbonyl (C=O) groups excluding carboxylic acids is 3. The minimum absolute atomic E-state index is 0.0201. The van der Waals surface area contributed by atoms with Gasteiger partial charge in [0.15, 0.2) is 11.7 Å². The highest BCUT2D eigenvalue weighted by atomic mass is 32.1. The number of aromatic nitrogens is 1. The standard InChI is InChI=1S/C30H37N5O4S/c1-18-14-15-19(2)22(17-18)35(26(23-13-8-16-39-23)29(37)33-21-9-4-3-5-10-21)30(38)27-24(31)25(34-40-27)28(36)32-20-11-6-7-12-20/h8,13-17,20-21,26H,3-7,9-12,31H2,1-2H3,(H,32,36)(H,33,37). The van der Waals surface area contributed by atoms with Crippen LogP contribution in [0.2, 0.25) is 0 Å². The van der Waals surface area contributed by atoms with Crippen molar-refractivity contribution in [1.29, 1.82) is 0 Å². The average Bonchev–Trinajstić information content (AvgIpc) is 3.72. The van der Waals surface area contributed by atoms with E-state index in [-0.39, 0.29) is 40.2 Å². The Balaban J connectivity index is 1.54. The Morgan fingerprint density at radius 3 is 2.35 bits per heavy atom. The maximum atomic E-state index is 14.4. The highest BCUT2D eigenvalue weighted by Crippen LogP contribution is 2.36. The van der Waals surface area contributed by atoms with Gasteiger partial charge in [-0.15, -0.1) is 0 Å². The first kappa shape index (κ1) is 27.9. The molecular formula is C30H37N5O4S. The number of furan rings is 1. The summed E-state index contributed by atoms with van der Waals surface area (Å²) >= 11 is 0.876. The molecule has 9 nitrogen and oxygen atoms in total. The van der Waals surface area contributed by atoms with E-state index >= 15 is 0 Å². The maximum absolute atomic E-state index is 14.4.